The molecule has 3 N–H and O–H groups in total. The third-order valence-corrected chi connectivity index (χ3v) is 5.03. The molecule has 0 heterocycles. The van der Waals surface area contributed by atoms with Crippen molar-refractivity contribution in [3.63, 3.8) is 0 Å². The second-order valence-corrected chi connectivity index (χ2v) is 7.34. The molecule has 0 aliphatic heterocycles. The number of unbranched alkanes of at least 4 members (excludes halogenated alkanes) is 2. The van der Waals surface area contributed by atoms with Gasteiger partial charge in [-0.1, -0.05) is 57.8 Å². The quantitative estimate of drug-likeness (QED) is 0.346. The van der Waals surface area contributed by atoms with E-state index in [-0.39, 0.29) is 24.1 Å². The predicted molar refractivity (Wildman–Crippen MR) is 105 cm³/mol. The van der Waals surface area contributed by atoms with E-state index >= 15 is 0 Å². The fraction of sp³-hybridized carbons (Fsp3) is 0.810. The molecule has 0 aromatic carbocycles. The van der Waals surface area contributed by atoms with Crippen LogP contribution < -0.4 is 10.6 Å². The van der Waals surface area contributed by atoms with Gasteiger partial charge in [0.05, 0.1) is 0 Å². The standard InChI is InChI=1S/C21H37N3O2/c22-17-19(18-23-15-11-8-12-16-25)21(26)24-20-13-9-6-4-2-1-3-5-7-10-14-20/h18,20,23,25H,1-16H2,(H,24,26)/b19-18-. The Hall–Kier alpha value is -1.54. The monoisotopic (exact) mass is 363 g/mol. The van der Waals surface area contributed by atoms with Gasteiger partial charge in [-0.3, -0.25) is 4.79 Å². The Morgan fingerprint density at radius 3 is 2.08 bits per heavy atom. The minimum Gasteiger partial charge on any atom is -0.396 e. The van der Waals surface area contributed by atoms with Gasteiger partial charge >= 0.3 is 0 Å². The van der Waals surface area contributed by atoms with Crippen molar-refractivity contribution in [1.82, 2.24) is 10.6 Å². The lowest BCUT2D eigenvalue weighted by Crippen LogP contribution is -2.36. The minimum atomic E-state index is -0.257. The zero-order valence-electron chi connectivity index (χ0n) is 16.3. The molecule has 26 heavy (non-hydrogen) atoms. The molecule has 0 atom stereocenters. The van der Waals surface area contributed by atoms with E-state index in [4.69, 9.17) is 5.11 Å². The number of carbonyl (C=O) groups excluding carboxylic acids is 1. The lowest BCUT2D eigenvalue weighted by Gasteiger charge is -2.19. The first-order chi connectivity index (χ1) is 12.8. The molecular weight excluding hydrogens is 326 g/mol. The summed E-state index contributed by atoms with van der Waals surface area (Å²) in [4.78, 5) is 12.4. The molecule has 0 aromatic heterocycles. The summed E-state index contributed by atoms with van der Waals surface area (Å²) in [6, 6.07) is 2.19. The Labute approximate surface area is 159 Å². The Kier molecular flexibility index (Phi) is 13.6. The molecule has 148 valence electrons. The van der Waals surface area contributed by atoms with Crippen LogP contribution in [0.25, 0.3) is 0 Å². The fourth-order valence-electron chi connectivity index (χ4n) is 3.41. The molecule has 5 heteroatoms. The Morgan fingerprint density at radius 2 is 1.54 bits per heavy atom. The number of nitriles is 1. The van der Waals surface area contributed by atoms with Crippen LogP contribution in [0.4, 0.5) is 0 Å². The van der Waals surface area contributed by atoms with E-state index in [1.165, 1.54) is 51.1 Å². The molecule has 0 spiro atoms. The van der Waals surface area contributed by atoms with E-state index in [1.807, 2.05) is 6.07 Å². The third-order valence-electron chi connectivity index (χ3n) is 5.03. The van der Waals surface area contributed by atoms with Gasteiger partial charge in [-0.25, -0.2) is 0 Å². The van der Waals surface area contributed by atoms with Crippen molar-refractivity contribution in [3.05, 3.63) is 11.8 Å². The number of hydrogen-bond acceptors (Lipinski definition) is 4. The zero-order valence-corrected chi connectivity index (χ0v) is 16.3. The number of aliphatic hydroxyl groups is 1. The van der Waals surface area contributed by atoms with Gasteiger partial charge in [0.25, 0.3) is 5.91 Å². The smallest absolute Gasteiger partial charge is 0.263 e. The van der Waals surface area contributed by atoms with Gasteiger partial charge in [0.1, 0.15) is 11.6 Å². The summed E-state index contributed by atoms with van der Waals surface area (Å²) in [5.41, 5.74) is 0.151. The highest BCUT2D eigenvalue weighted by Gasteiger charge is 2.15. The predicted octanol–water partition coefficient (Wildman–Crippen LogP) is 3.94. The largest absolute Gasteiger partial charge is 0.396 e. The average Bonchev–Trinajstić information content (AvgIpc) is 2.63. The molecule has 0 saturated heterocycles. The van der Waals surface area contributed by atoms with E-state index < -0.39 is 0 Å². The summed E-state index contributed by atoms with van der Waals surface area (Å²) in [5, 5.41) is 24.1. The van der Waals surface area contributed by atoms with Gasteiger partial charge in [0, 0.05) is 25.4 Å². The molecular formula is C21H37N3O2. The van der Waals surface area contributed by atoms with Crippen molar-refractivity contribution in [2.24, 2.45) is 0 Å². The van der Waals surface area contributed by atoms with Crippen LogP contribution >= 0.6 is 0 Å². The molecule has 0 radical (unpaired) electrons. The van der Waals surface area contributed by atoms with Crippen molar-refractivity contribution >= 4 is 5.91 Å². The molecule has 5 nitrogen and oxygen atoms in total. The highest BCUT2D eigenvalue weighted by atomic mass is 16.2. The van der Waals surface area contributed by atoms with Crippen molar-refractivity contribution in [2.45, 2.75) is 95.9 Å². The number of rotatable bonds is 8. The number of nitrogens with one attached hydrogen (secondary N) is 2. The van der Waals surface area contributed by atoms with Crippen LogP contribution in [0, 0.1) is 11.3 Å². The van der Waals surface area contributed by atoms with Crippen LogP contribution in [0.5, 0.6) is 0 Å². The SMILES string of the molecule is N#C/C(=C/NCCCCCO)C(=O)NC1CCCCCCCCCCC1. The van der Waals surface area contributed by atoms with Crippen LogP contribution in [0.15, 0.2) is 11.8 Å². The number of carbonyl (C=O) groups is 1. The van der Waals surface area contributed by atoms with E-state index in [0.29, 0.717) is 6.54 Å². The number of amides is 1. The summed E-state index contributed by atoms with van der Waals surface area (Å²) in [6.07, 6.45) is 17.6. The summed E-state index contributed by atoms with van der Waals surface area (Å²) >= 11 is 0. The molecule has 1 amide bonds. The molecule has 0 bridgehead atoms. The van der Waals surface area contributed by atoms with Gasteiger partial charge < -0.3 is 15.7 Å². The Bertz CT molecular complexity index is 431. The van der Waals surface area contributed by atoms with Gasteiger partial charge in [-0.15, -0.1) is 0 Å². The van der Waals surface area contributed by atoms with Crippen molar-refractivity contribution in [3.8, 4) is 6.07 Å². The Morgan fingerprint density at radius 1 is 0.962 bits per heavy atom. The van der Waals surface area contributed by atoms with Crippen LogP contribution in [-0.2, 0) is 4.79 Å². The van der Waals surface area contributed by atoms with Crippen molar-refractivity contribution in [1.29, 1.82) is 5.26 Å². The van der Waals surface area contributed by atoms with E-state index in [9.17, 15) is 10.1 Å². The lowest BCUT2D eigenvalue weighted by molar-refractivity contribution is -0.117. The van der Waals surface area contributed by atoms with Gasteiger partial charge in [-0.2, -0.15) is 5.26 Å². The molecule has 1 aliphatic rings. The molecule has 1 saturated carbocycles. The lowest BCUT2D eigenvalue weighted by atomic mass is 9.98. The van der Waals surface area contributed by atoms with E-state index in [2.05, 4.69) is 10.6 Å². The third kappa shape index (κ3) is 11.1. The van der Waals surface area contributed by atoms with E-state index in [0.717, 1.165) is 44.9 Å². The maximum absolute atomic E-state index is 12.4. The van der Waals surface area contributed by atoms with Crippen LogP contribution in [0.1, 0.15) is 89.9 Å². The average molecular weight is 364 g/mol. The first-order valence-corrected chi connectivity index (χ1v) is 10.5. The second-order valence-electron chi connectivity index (χ2n) is 7.34. The fourth-order valence-corrected chi connectivity index (χ4v) is 3.41. The molecule has 1 rings (SSSR count). The van der Waals surface area contributed by atoms with Crippen molar-refractivity contribution < 1.29 is 9.90 Å². The normalized spacial score (nSPS) is 18.2. The summed E-state index contributed by atoms with van der Waals surface area (Å²) in [6.45, 7) is 0.922. The zero-order chi connectivity index (χ0) is 18.9. The molecule has 0 unspecified atom stereocenters. The van der Waals surface area contributed by atoms with Crippen LogP contribution in [0.2, 0.25) is 0 Å². The van der Waals surface area contributed by atoms with E-state index in [1.54, 1.807) is 0 Å². The van der Waals surface area contributed by atoms with Gasteiger partial charge in [0.2, 0.25) is 0 Å². The summed E-state index contributed by atoms with van der Waals surface area (Å²) in [5.74, 6) is -0.257. The number of hydrogen-bond donors (Lipinski definition) is 3. The maximum atomic E-state index is 12.4. The van der Waals surface area contributed by atoms with Crippen LogP contribution in [0.3, 0.4) is 0 Å². The van der Waals surface area contributed by atoms with Gasteiger partial charge in [0.15, 0.2) is 0 Å². The number of aliphatic hydroxyl groups excluding tert-OH is 1. The van der Waals surface area contributed by atoms with Gasteiger partial charge in [-0.05, 0) is 32.1 Å². The topological polar surface area (TPSA) is 85.2 Å². The molecule has 0 aromatic rings. The summed E-state index contributed by atoms with van der Waals surface area (Å²) in [7, 11) is 0. The number of nitrogens with zero attached hydrogens (tertiary/aromatic N) is 1. The highest BCUT2D eigenvalue weighted by molar-refractivity contribution is 5.97. The van der Waals surface area contributed by atoms with Crippen LogP contribution in [-0.4, -0.2) is 30.2 Å². The first-order valence-electron chi connectivity index (χ1n) is 10.5. The molecule has 1 aliphatic carbocycles. The van der Waals surface area contributed by atoms with Crippen molar-refractivity contribution in [2.75, 3.05) is 13.2 Å². The second kappa shape index (κ2) is 15.7. The highest BCUT2D eigenvalue weighted by Crippen LogP contribution is 2.17. The molecule has 1 fully saturated rings. The maximum Gasteiger partial charge on any atom is 0.263 e. The Balaban J connectivity index is 2.41. The minimum absolute atomic E-state index is 0.151. The first kappa shape index (κ1) is 22.5. The summed E-state index contributed by atoms with van der Waals surface area (Å²) < 4.78 is 0.